The first-order valence-electron chi connectivity index (χ1n) is 7.59. The highest BCUT2D eigenvalue weighted by Crippen LogP contribution is 2.26. The van der Waals surface area contributed by atoms with Gasteiger partial charge in [-0.1, -0.05) is 57.4 Å². The molecule has 0 fully saturated rings. The first-order valence-corrected chi connectivity index (χ1v) is 10.5. The zero-order valence-corrected chi connectivity index (χ0v) is 17.1. The van der Waals surface area contributed by atoms with Crippen molar-refractivity contribution in [2.75, 3.05) is 11.1 Å². The molecule has 0 unspecified atom stereocenters. The number of halogens is 1. The number of amides is 2. The van der Waals surface area contributed by atoms with Gasteiger partial charge >= 0.3 is 0 Å². The standard InChI is InChI=1S/C15H13ClN6O2S3/c1-8-12(27-22-19-8)13(24)18-14-20-21-15(26-14)25-7-11(23)17-6-9-4-2-3-5-10(9)16/h2-5H,6-7H2,1H3,(H,17,23)(H,18,20,24). The lowest BCUT2D eigenvalue weighted by Gasteiger charge is -2.05. The topological polar surface area (TPSA) is 110 Å². The highest BCUT2D eigenvalue weighted by atomic mass is 35.5. The summed E-state index contributed by atoms with van der Waals surface area (Å²) in [6.07, 6.45) is 0. The minimum Gasteiger partial charge on any atom is -0.351 e. The Balaban J connectivity index is 1.46. The lowest BCUT2D eigenvalue weighted by molar-refractivity contribution is -0.118. The van der Waals surface area contributed by atoms with Crippen LogP contribution < -0.4 is 10.6 Å². The number of nitrogens with zero attached hydrogens (tertiary/aromatic N) is 4. The molecule has 0 saturated heterocycles. The lowest BCUT2D eigenvalue weighted by Crippen LogP contribution is -2.24. The van der Waals surface area contributed by atoms with Crippen LogP contribution in [0.25, 0.3) is 0 Å². The van der Waals surface area contributed by atoms with Crippen molar-refractivity contribution >= 4 is 63.2 Å². The molecule has 2 N–H and O–H groups in total. The molecule has 140 valence electrons. The zero-order chi connectivity index (χ0) is 19.2. The second-order valence-corrected chi connectivity index (χ2v) is 8.53. The fourth-order valence-electron chi connectivity index (χ4n) is 1.93. The summed E-state index contributed by atoms with van der Waals surface area (Å²) in [6.45, 7) is 2.07. The molecule has 0 saturated carbocycles. The molecule has 27 heavy (non-hydrogen) atoms. The molecule has 0 radical (unpaired) electrons. The molecule has 0 spiro atoms. The first kappa shape index (κ1) is 19.7. The maximum atomic E-state index is 12.1. The number of nitrogens with one attached hydrogen (secondary N) is 2. The first-order chi connectivity index (χ1) is 13.0. The summed E-state index contributed by atoms with van der Waals surface area (Å²) in [4.78, 5) is 24.5. The van der Waals surface area contributed by atoms with Crippen molar-refractivity contribution in [1.82, 2.24) is 25.1 Å². The van der Waals surface area contributed by atoms with Crippen molar-refractivity contribution in [3.05, 3.63) is 45.4 Å². The molecule has 8 nitrogen and oxygen atoms in total. The van der Waals surface area contributed by atoms with Gasteiger partial charge in [0.15, 0.2) is 4.34 Å². The number of hydrogen-bond acceptors (Lipinski definition) is 9. The minimum atomic E-state index is -0.326. The van der Waals surface area contributed by atoms with Crippen LogP contribution >= 0.6 is 46.2 Å². The van der Waals surface area contributed by atoms with Crippen molar-refractivity contribution in [3.63, 3.8) is 0 Å². The Labute approximate surface area is 171 Å². The molecule has 1 aromatic carbocycles. The summed E-state index contributed by atoms with van der Waals surface area (Å²) in [7, 11) is 0. The van der Waals surface area contributed by atoms with E-state index in [4.69, 9.17) is 11.6 Å². The Morgan fingerprint density at radius 2 is 2.04 bits per heavy atom. The molecular formula is C15H13ClN6O2S3. The van der Waals surface area contributed by atoms with Gasteiger partial charge in [-0.3, -0.25) is 14.9 Å². The molecule has 2 amide bonds. The summed E-state index contributed by atoms with van der Waals surface area (Å²) in [5, 5.41) is 18.1. The minimum absolute atomic E-state index is 0.146. The quantitative estimate of drug-likeness (QED) is 0.429. The number of carbonyl (C=O) groups excluding carboxylic acids is 2. The molecule has 2 aromatic heterocycles. The van der Waals surface area contributed by atoms with Gasteiger partial charge in [0.2, 0.25) is 11.0 Å². The predicted molar refractivity (Wildman–Crippen MR) is 107 cm³/mol. The van der Waals surface area contributed by atoms with Crippen molar-refractivity contribution in [1.29, 1.82) is 0 Å². The maximum absolute atomic E-state index is 12.1. The van der Waals surface area contributed by atoms with Gasteiger partial charge in [0.1, 0.15) is 4.88 Å². The molecule has 3 rings (SSSR count). The van der Waals surface area contributed by atoms with Crippen molar-refractivity contribution in [2.24, 2.45) is 0 Å². The van der Waals surface area contributed by atoms with Crippen molar-refractivity contribution < 1.29 is 9.59 Å². The fraction of sp³-hybridized carbons (Fsp3) is 0.200. The van der Waals surface area contributed by atoms with E-state index in [1.807, 2.05) is 18.2 Å². The molecule has 3 aromatic rings. The summed E-state index contributed by atoms with van der Waals surface area (Å²) in [6, 6.07) is 7.33. The molecule has 0 aliphatic rings. The largest absolute Gasteiger partial charge is 0.351 e. The number of thioether (sulfide) groups is 1. The van der Waals surface area contributed by atoms with E-state index in [1.54, 1.807) is 13.0 Å². The van der Waals surface area contributed by atoms with E-state index in [-0.39, 0.29) is 17.6 Å². The molecule has 2 heterocycles. The fourth-order valence-corrected chi connectivity index (χ4v) is 4.26. The monoisotopic (exact) mass is 440 g/mol. The van der Waals surface area contributed by atoms with Gasteiger partial charge in [-0.2, -0.15) is 0 Å². The molecule has 0 aliphatic carbocycles. The van der Waals surface area contributed by atoms with Crippen LogP contribution in [0.2, 0.25) is 5.02 Å². The third kappa shape index (κ3) is 5.45. The van der Waals surface area contributed by atoms with Gasteiger partial charge < -0.3 is 5.32 Å². The maximum Gasteiger partial charge on any atom is 0.271 e. The van der Waals surface area contributed by atoms with Crippen molar-refractivity contribution in [2.45, 2.75) is 17.8 Å². The zero-order valence-electron chi connectivity index (χ0n) is 13.9. The van der Waals surface area contributed by atoms with E-state index < -0.39 is 0 Å². The Morgan fingerprint density at radius 3 is 2.78 bits per heavy atom. The van der Waals surface area contributed by atoms with Crippen LogP contribution in [0.5, 0.6) is 0 Å². The number of aromatic nitrogens is 4. The van der Waals surface area contributed by atoms with Crippen molar-refractivity contribution in [3.8, 4) is 0 Å². The number of carbonyl (C=O) groups is 2. The number of benzene rings is 1. The number of hydrogen-bond donors (Lipinski definition) is 2. The summed E-state index contributed by atoms with van der Waals surface area (Å²) < 4.78 is 4.31. The van der Waals surface area contributed by atoms with Crippen LogP contribution in [0.3, 0.4) is 0 Å². The van der Waals surface area contributed by atoms with Crippen LogP contribution in [-0.2, 0) is 11.3 Å². The molecule has 0 aliphatic heterocycles. The molecule has 0 atom stereocenters. The third-order valence-electron chi connectivity index (χ3n) is 3.25. The Bertz CT molecular complexity index is 960. The number of aryl methyl sites for hydroxylation is 1. The average Bonchev–Trinajstić information content (AvgIpc) is 3.28. The molecular weight excluding hydrogens is 428 g/mol. The average molecular weight is 441 g/mol. The smallest absolute Gasteiger partial charge is 0.271 e. The van der Waals surface area contributed by atoms with E-state index in [0.29, 0.717) is 31.6 Å². The van der Waals surface area contributed by atoms with Crippen LogP contribution in [-0.4, -0.2) is 37.4 Å². The van der Waals surface area contributed by atoms with Gasteiger partial charge in [0.05, 0.1) is 11.4 Å². The number of anilines is 1. The second-order valence-electron chi connectivity index (χ2n) is 5.17. The highest BCUT2D eigenvalue weighted by molar-refractivity contribution is 8.01. The Morgan fingerprint density at radius 1 is 1.22 bits per heavy atom. The van der Waals surface area contributed by atoms with Gasteiger partial charge in [0, 0.05) is 11.6 Å². The van der Waals surface area contributed by atoms with Crippen LogP contribution in [0.1, 0.15) is 20.9 Å². The highest BCUT2D eigenvalue weighted by Gasteiger charge is 2.16. The Kier molecular flexibility index (Phi) is 6.72. The van der Waals surface area contributed by atoms with Gasteiger partial charge in [0.25, 0.3) is 5.91 Å². The van der Waals surface area contributed by atoms with E-state index in [0.717, 1.165) is 17.1 Å². The van der Waals surface area contributed by atoms with Gasteiger partial charge in [-0.15, -0.1) is 15.3 Å². The SMILES string of the molecule is Cc1nnsc1C(=O)Nc1nnc(SCC(=O)NCc2ccccc2Cl)s1. The van der Waals surface area contributed by atoms with Gasteiger partial charge in [-0.05, 0) is 30.1 Å². The summed E-state index contributed by atoms with van der Waals surface area (Å²) in [5.41, 5.74) is 1.41. The molecule has 12 heteroatoms. The Hall–Kier alpha value is -2.08. The predicted octanol–water partition coefficient (Wildman–Crippen LogP) is 3.01. The van der Waals surface area contributed by atoms with Crippen LogP contribution in [0.4, 0.5) is 5.13 Å². The van der Waals surface area contributed by atoms with Gasteiger partial charge in [-0.25, -0.2) is 0 Å². The van der Waals surface area contributed by atoms with E-state index >= 15 is 0 Å². The van der Waals surface area contributed by atoms with E-state index in [2.05, 4.69) is 30.4 Å². The molecule has 0 bridgehead atoms. The summed E-state index contributed by atoms with van der Waals surface area (Å²) in [5.74, 6) is -0.287. The lowest BCUT2D eigenvalue weighted by atomic mass is 10.2. The summed E-state index contributed by atoms with van der Waals surface area (Å²) >= 11 is 9.51. The van der Waals surface area contributed by atoms with Crippen LogP contribution in [0.15, 0.2) is 28.6 Å². The van der Waals surface area contributed by atoms with E-state index in [1.165, 1.54) is 23.1 Å². The second kappa shape index (κ2) is 9.22. The number of rotatable bonds is 7. The third-order valence-corrected chi connectivity index (χ3v) is 6.41. The van der Waals surface area contributed by atoms with E-state index in [9.17, 15) is 9.59 Å². The van der Waals surface area contributed by atoms with Crippen LogP contribution in [0, 0.1) is 6.92 Å². The normalized spacial score (nSPS) is 10.6.